The van der Waals surface area contributed by atoms with Crippen molar-refractivity contribution in [1.29, 1.82) is 0 Å². The Balaban J connectivity index is 2.49. The maximum absolute atomic E-state index is 9.20. The van der Waals surface area contributed by atoms with E-state index in [1.54, 1.807) is 6.92 Å². The summed E-state index contributed by atoms with van der Waals surface area (Å²) < 4.78 is 4.89. The Kier molecular flexibility index (Phi) is 2.25. The molecule has 0 aromatic carbocycles. The molecule has 0 spiro atoms. The van der Waals surface area contributed by atoms with E-state index in [1.165, 1.54) is 0 Å². The molecule has 4 N–H and O–H groups in total. The molecule has 0 aliphatic carbocycles. The third-order valence-electron chi connectivity index (χ3n) is 1.77. The molecule has 0 amide bonds. The van der Waals surface area contributed by atoms with E-state index < -0.39 is 12.4 Å². The summed E-state index contributed by atoms with van der Waals surface area (Å²) in [4.78, 5) is 0. The minimum absolute atomic E-state index is 0.311. The first kappa shape index (κ1) is 7.94. The van der Waals surface area contributed by atoms with E-state index in [1.807, 2.05) is 0 Å². The first-order valence-electron chi connectivity index (χ1n) is 3.38. The number of rotatable bonds is 0. The van der Waals surface area contributed by atoms with Gasteiger partial charge in [0.1, 0.15) is 0 Å². The van der Waals surface area contributed by atoms with Gasteiger partial charge in [-0.3, -0.25) is 0 Å². The van der Waals surface area contributed by atoms with Gasteiger partial charge in [-0.05, 0) is 6.92 Å². The SMILES string of the molecule is C[C@@H]1O[C@H](O)C[C@H](N)[C@@H]1O. The van der Waals surface area contributed by atoms with E-state index in [0.29, 0.717) is 6.42 Å². The molecule has 1 heterocycles. The van der Waals surface area contributed by atoms with Crippen LogP contribution in [-0.2, 0) is 4.74 Å². The van der Waals surface area contributed by atoms with E-state index in [4.69, 9.17) is 15.6 Å². The number of aliphatic hydroxyl groups is 2. The zero-order valence-electron chi connectivity index (χ0n) is 5.90. The van der Waals surface area contributed by atoms with Gasteiger partial charge in [0.15, 0.2) is 6.29 Å². The monoisotopic (exact) mass is 147 g/mol. The van der Waals surface area contributed by atoms with Gasteiger partial charge < -0.3 is 20.7 Å². The smallest absolute Gasteiger partial charge is 0.156 e. The highest BCUT2D eigenvalue weighted by Crippen LogP contribution is 2.16. The van der Waals surface area contributed by atoms with E-state index in [-0.39, 0.29) is 12.1 Å². The first-order valence-corrected chi connectivity index (χ1v) is 3.38. The van der Waals surface area contributed by atoms with Crippen LogP contribution < -0.4 is 5.73 Å². The average Bonchev–Trinajstić information content (AvgIpc) is 1.82. The molecule has 10 heavy (non-hydrogen) atoms. The second kappa shape index (κ2) is 2.84. The third kappa shape index (κ3) is 1.46. The fourth-order valence-electron chi connectivity index (χ4n) is 1.10. The summed E-state index contributed by atoms with van der Waals surface area (Å²) >= 11 is 0. The summed E-state index contributed by atoms with van der Waals surface area (Å²) in [5.41, 5.74) is 5.47. The molecule has 0 radical (unpaired) electrons. The van der Waals surface area contributed by atoms with Crippen molar-refractivity contribution in [2.24, 2.45) is 5.73 Å². The van der Waals surface area contributed by atoms with Crippen molar-refractivity contribution in [2.45, 2.75) is 37.9 Å². The van der Waals surface area contributed by atoms with Crippen LogP contribution in [0.5, 0.6) is 0 Å². The van der Waals surface area contributed by atoms with Gasteiger partial charge in [-0.1, -0.05) is 0 Å². The highest BCUT2D eigenvalue weighted by Gasteiger charge is 2.31. The van der Waals surface area contributed by atoms with Gasteiger partial charge in [-0.15, -0.1) is 0 Å². The third-order valence-corrected chi connectivity index (χ3v) is 1.77. The second-order valence-electron chi connectivity index (χ2n) is 2.69. The predicted octanol–water partition coefficient (Wildman–Crippen LogP) is -1.20. The Morgan fingerprint density at radius 2 is 2.10 bits per heavy atom. The molecular weight excluding hydrogens is 134 g/mol. The molecule has 1 aliphatic rings. The molecule has 60 valence electrons. The lowest BCUT2D eigenvalue weighted by molar-refractivity contribution is -0.198. The van der Waals surface area contributed by atoms with Gasteiger partial charge >= 0.3 is 0 Å². The molecule has 4 atom stereocenters. The van der Waals surface area contributed by atoms with Crippen LogP contribution in [0.25, 0.3) is 0 Å². The van der Waals surface area contributed by atoms with Crippen molar-refractivity contribution < 1.29 is 14.9 Å². The minimum Gasteiger partial charge on any atom is -0.389 e. The quantitative estimate of drug-likeness (QED) is 0.402. The lowest BCUT2D eigenvalue weighted by atomic mass is 10.0. The van der Waals surface area contributed by atoms with Crippen molar-refractivity contribution in [3.8, 4) is 0 Å². The maximum Gasteiger partial charge on any atom is 0.156 e. The lowest BCUT2D eigenvalue weighted by Gasteiger charge is -2.33. The van der Waals surface area contributed by atoms with E-state index in [0.717, 1.165) is 0 Å². The zero-order chi connectivity index (χ0) is 7.72. The highest BCUT2D eigenvalue weighted by atomic mass is 16.6. The number of nitrogens with two attached hydrogens (primary N) is 1. The molecular formula is C6H13NO3. The Morgan fingerprint density at radius 1 is 1.50 bits per heavy atom. The van der Waals surface area contributed by atoms with Gasteiger partial charge in [-0.25, -0.2) is 0 Å². The standard InChI is InChI=1S/C6H13NO3/c1-3-6(9)4(7)2-5(8)10-3/h3-6,8-9H,2,7H2,1H3/t3-,4-,5-,6+/m0/s1. The fraction of sp³-hybridized carbons (Fsp3) is 1.00. The van der Waals surface area contributed by atoms with Crippen molar-refractivity contribution in [2.75, 3.05) is 0 Å². The number of hydrogen-bond acceptors (Lipinski definition) is 4. The van der Waals surface area contributed by atoms with E-state index >= 15 is 0 Å². The van der Waals surface area contributed by atoms with E-state index in [9.17, 15) is 5.11 Å². The largest absolute Gasteiger partial charge is 0.389 e. The molecule has 4 heteroatoms. The lowest BCUT2D eigenvalue weighted by Crippen LogP contribution is -2.51. The van der Waals surface area contributed by atoms with Crippen LogP contribution in [0.2, 0.25) is 0 Å². The van der Waals surface area contributed by atoms with Crippen molar-refractivity contribution in [1.82, 2.24) is 0 Å². The number of aliphatic hydroxyl groups excluding tert-OH is 2. The number of hydrogen-bond donors (Lipinski definition) is 3. The normalized spacial score (nSPS) is 49.2. The van der Waals surface area contributed by atoms with Crippen LogP contribution in [0.1, 0.15) is 13.3 Å². The van der Waals surface area contributed by atoms with Crippen molar-refractivity contribution >= 4 is 0 Å². The highest BCUT2D eigenvalue weighted by molar-refractivity contribution is 4.82. The van der Waals surface area contributed by atoms with Crippen molar-refractivity contribution in [3.63, 3.8) is 0 Å². The van der Waals surface area contributed by atoms with Crippen LogP contribution in [0.4, 0.5) is 0 Å². The molecule has 4 nitrogen and oxygen atoms in total. The Hall–Kier alpha value is -0.160. The summed E-state index contributed by atoms with van der Waals surface area (Å²) in [5.74, 6) is 0. The summed E-state index contributed by atoms with van der Waals surface area (Å²) in [6.45, 7) is 1.69. The van der Waals surface area contributed by atoms with Gasteiger partial charge in [0.05, 0.1) is 12.2 Å². The van der Waals surface area contributed by atoms with Crippen LogP contribution in [0, 0.1) is 0 Å². The Bertz CT molecular complexity index is 108. The van der Waals surface area contributed by atoms with Gasteiger partial charge in [-0.2, -0.15) is 0 Å². The maximum atomic E-state index is 9.20. The topological polar surface area (TPSA) is 75.7 Å². The van der Waals surface area contributed by atoms with Crippen LogP contribution in [0.3, 0.4) is 0 Å². The first-order chi connectivity index (χ1) is 4.61. The molecule has 0 aromatic rings. The van der Waals surface area contributed by atoms with Gasteiger partial charge in [0.25, 0.3) is 0 Å². The summed E-state index contributed by atoms with van der Waals surface area (Å²) in [6, 6.07) is -0.362. The minimum atomic E-state index is -0.812. The van der Waals surface area contributed by atoms with Crippen molar-refractivity contribution in [3.05, 3.63) is 0 Å². The molecule has 1 rings (SSSR count). The summed E-state index contributed by atoms with van der Waals surface area (Å²) in [5, 5.41) is 18.2. The molecule has 0 bridgehead atoms. The van der Waals surface area contributed by atoms with Crippen LogP contribution >= 0.6 is 0 Å². The predicted molar refractivity (Wildman–Crippen MR) is 35.2 cm³/mol. The Labute approximate surface area is 59.6 Å². The van der Waals surface area contributed by atoms with E-state index in [2.05, 4.69) is 0 Å². The molecule has 0 unspecified atom stereocenters. The second-order valence-corrected chi connectivity index (χ2v) is 2.69. The van der Waals surface area contributed by atoms with Gasteiger partial charge in [0, 0.05) is 12.5 Å². The van der Waals surface area contributed by atoms with Crippen LogP contribution in [0.15, 0.2) is 0 Å². The zero-order valence-corrected chi connectivity index (χ0v) is 5.90. The molecule has 0 saturated carbocycles. The Morgan fingerprint density at radius 3 is 2.60 bits per heavy atom. The number of ether oxygens (including phenoxy) is 1. The molecule has 0 aromatic heterocycles. The molecule has 1 fully saturated rings. The summed E-state index contributed by atoms with van der Waals surface area (Å²) in [7, 11) is 0. The average molecular weight is 147 g/mol. The summed E-state index contributed by atoms with van der Waals surface area (Å²) in [6.07, 6.45) is -1.51. The van der Waals surface area contributed by atoms with Gasteiger partial charge in [0.2, 0.25) is 0 Å². The molecule has 1 saturated heterocycles. The molecule has 1 aliphatic heterocycles. The fourth-order valence-corrected chi connectivity index (χ4v) is 1.10. The van der Waals surface area contributed by atoms with Crippen LogP contribution in [-0.4, -0.2) is 34.8 Å².